The van der Waals surface area contributed by atoms with Gasteiger partial charge in [-0.15, -0.1) is 0 Å². The Labute approximate surface area is 103 Å². The van der Waals surface area contributed by atoms with E-state index in [9.17, 15) is 4.79 Å². The fourth-order valence-electron chi connectivity index (χ4n) is 2.03. The van der Waals surface area contributed by atoms with E-state index in [4.69, 9.17) is 5.11 Å². The molecule has 1 N–H and O–H groups in total. The van der Waals surface area contributed by atoms with Crippen LogP contribution in [0.25, 0.3) is 0 Å². The van der Waals surface area contributed by atoms with Crippen molar-refractivity contribution < 1.29 is 9.90 Å². The van der Waals surface area contributed by atoms with Gasteiger partial charge in [0.15, 0.2) is 0 Å². The SMILES string of the molecule is O=C(O)C1CCN(Cc2ccc(Br)cc2)C1. The average Bonchev–Trinajstić information content (AvgIpc) is 2.70. The zero-order valence-corrected chi connectivity index (χ0v) is 10.5. The normalized spacial score (nSPS) is 21.2. The maximum atomic E-state index is 10.8. The van der Waals surface area contributed by atoms with Crippen LogP contribution in [0.1, 0.15) is 12.0 Å². The van der Waals surface area contributed by atoms with Crippen LogP contribution in [0.15, 0.2) is 28.7 Å². The highest BCUT2D eigenvalue weighted by molar-refractivity contribution is 9.10. The van der Waals surface area contributed by atoms with Crippen LogP contribution in [0, 0.1) is 5.92 Å². The van der Waals surface area contributed by atoms with Crippen molar-refractivity contribution in [3.8, 4) is 0 Å². The molecule has 0 amide bonds. The summed E-state index contributed by atoms with van der Waals surface area (Å²) in [7, 11) is 0. The molecule has 1 atom stereocenters. The summed E-state index contributed by atoms with van der Waals surface area (Å²) in [4.78, 5) is 13.0. The molecule has 86 valence electrons. The van der Waals surface area contributed by atoms with Crippen molar-refractivity contribution in [3.05, 3.63) is 34.3 Å². The van der Waals surface area contributed by atoms with Crippen molar-refractivity contribution in [2.75, 3.05) is 13.1 Å². The van der Waals surface area contributed by atoms with Crippen LogP contribution in [-0.4, -0.2) is 29.1 Å². The smallest absolute Gasteiger partial charge is 0.307 e. The lowest BCUT2D eigenvalue weighted by Crippen LogP contribution is -2.22. The van der Waals surface area contributed by atoms with Crippen molar-refractivity contribution in [1.29, 1.82) is 0 Å². The molecule has 1 saturated heterocycles. The van der Waals surface area contributed by atoms with E-state index in [1.54, 1.807) is 0 Å². The largest absolute Gasteiger partial charge is 0.481 e. The number of likely N-dealkylation sites (tertiary alicyclic amines) is 1. The third-order valence-electron chi connectivity index (χ3n) is 2.94. The van der Waals surface area contributed by atoms with Gasteiger partial charge in [-0.3, -0.25) is 9.69 Å². The lowest BCUT2D eigenvalue weighted by atomic mass is 10.1. The zero-order valence-electron chi connectivity index (χ0n) is 8.90. The molecule has 0 bridgehead atoms. The molecule has 2 rings (SSSR count). The molecule has 1 heterocycles. The van der Waals surface area contributed by atoms with E-state index in [0.29, 0.717) is 6.54 Å². The number of nitrogens with zero attached hydrogens (tertiary/aromatic N) is 1. The summed E-state index contributed by atoms with van der Waals surface area (Å²) < 4.78 is 1.07. The molecule has 1 fully saturated rings. The minimum absolute atomic E-state index is 0.185. The van der Waals surface area contributed by atoms with Gasteiger partial charge in [-0.2, -0.15) is 0 Å². The van der Waals surface area contributed by atoms with Crippen LogP contribution < -0.4 is 0 Å². The fourth-order valence-corrected chi connectivity index (χ4v) is 2.29. The van der Waals surface area contributed by atoms with Crippen LogP contribution in [0.2, 0.25) is 0 Å². The fraction of sp³-hybridized carbons (Fsp3) is 0.417. The number of hydrogen-bond donors (Lipinski definition) is 1. The second-order valence-corrected chi connectivity index (χ2v) is 5.10. The van der Waals surface area contributed by atoms with E-state index in [2.05, 4.69) is 33.0 Å². The van der Waals surface area contributed by atoms with Gasteiger partial charge in [0.05, 0.1) is 5.92 Å². The molecule has 0 aliphatic carbocycles. The Kier molecular flexibility index (Phi) is 3.61. The molecular formula is C12H14BrNO2. The first-order valence-corrected chi connectivity index (χ1v) is 6.14. The van der Waals surface area contributed by atoms with E-state index in [0.717, 1.165) is 24.0 Å². The summed E-state index contributed by atoms with van der Waals surface area (Å²) in [6, 6.07) is 8.16. The third-order valence-corrected chi connectivity index (χ3v) is 3.47. The molecule has 1 unspecified atom stereocenters. The predicted octanol–water partition coefficient (Wildman–Crippen LogP) is 2.36. The average molecular weight is 284 g/mol. The van der Waals surface area contributed by atoms with Gasteiger partial charge in [-0.25, -0.2) is 0 Å². The molecule has 1 aromatic carbocycles. The number of carboxylic acid groups (broad SMARTS) is 1. The first-order valence-electron chi connectivity index (χ1n) is 5.35. The Morgan fingerprint density at radius 1 is 1.44 bits per heavy atom. The summed E-state index contributed by atoms with van der Waals surface area (Å²) in [6.07, 6.45) is 0.770. The van der Waals surface area contributed by atoms with Crippen molar-refractivity contribution in [3.63, 3.8) is 0 Å². The van der Waals surface area contributed by atoms with Crippen molar-refractivity contribution in [2.24, 2.45) is 5.92 Å². The van der Waals surface area contributed by atoms with E-state index in [-0.39, 0.29) is 5.92 Å². The molecule has 1 aliphatic heterocycles. The maximum Gasteiger partial charge on any atom is 0.307 e. The molecule has 0 aromatic heterocycles. The number of carbonyl (C=O) groups is 1. The standard InChI is InChI=1S/C12H14BrNO2/c13-11-3-1-9(2-4-11)7-14-6-5-10(8-14)12(15)16/h1-4,10H,5-8H2,(H,15,16). The van der Waals surface area contributed by atoms with Gasteiger partial charge in [0, 0.05) is 17.6 Å². The van der Waals surface area contributed by atoms with E-state index in [1.165, 1.54) is 5.56 Å². The summed E-state index contributed by atoms with van der Waals surface area (Å²) in [5, 5.41) is 8.90. The quantitative estimate of drug-likeness (QED) is 0.926. The van der Waals surface area contributed by atoms with Gasteiger partial charge >= 0.3 is 5.97 Å². The van der Waals surface area contributed by atoms with Gasteiger partial charge < -0.3 is 5.11 Å². The van der Waals surface area contributed by atoms with E-state index < -0.39 is 5.97 Å². The molecular weight excluding hydrogens is 270 g/mol. The number of aliphatic carboxylic acids is 1. The topological polar surface area (TPSA) is 40.5 Å². The molecule has 0 saturated carbocycles. The summed E-state index contributed by atoms with van der Waals surface area (Å²) in [5.41, 5.74) is 1.23. The van der Waals surface area contributed by atoms with Crippen molar-refractivity contribution in [2.45, 2.75) is 13.0 Å². The van der Waals surface area contributed by atoms with Crippen LogP contribution in [0.3, 0.4) is 0 Å². The molecule has 1 aromatic rings. The van der Waals surface area contributed by atoms with Gasteiger partial charge in [0.1, 0.15) is 0 Å². The highest BCUT2D eigenvalue weighted by Gasteiger charge is 2.27. The number of benzene rings is 1. The lowest BCUT2D eigenvalue weighted by Gasteiger charge is -2.15. The second kappa shape index (κ2) is 4.97. The van der Waals surface area contributed by atoms with Crippen LogP contribution in [0.5, 0.6) is 0 Å². The van der Waals surface area contributed by atoms with Crippen molar-refractivity contribution in [1.82, 2.24) is 4.90 Å². The summed E-state index contributed by atoms with van der Waals surface area (Å²) >= 11 is 3.40. The van der Waals surface area contributed by atoms with E-state index in [1.807, 2.05) is 12.1 Å². The molecule has 1 aliphatic rings. The Bertz CT molecular complexity index is 377. The molecule has 0 radical (unpaired) electrons. The minimum atomic E-state index is -0.668. The van der Waals surface area contributed by atoms with Crippen LogP contribution in [0.4, 0.5) is 0 Å². The maximum absolute atomic E-state index is 10.8. The summed E-state index contributed by atoms with van der Waals surface area (Å²) in [6.45, 7) is 2.40. The first-order chi connectivity index (χ1) is 7.65. The number of halogens is 1. The first kappa shape index (κ1) is 11.6. The van der Waals surface area contributed by atoms with Crippen LogP contribution in [-0.2, 0) is 11.3 Å². The van der Waals surface area contributed by atoms with Crippen molar-refractivity contribution >= 4 is 21.9 Å². The lowest BCUT2D eigenvalue weighted by molar-refractivity contribution is -0.141. The minimum Gasteiger partial charge on any atom is -0.481 e. The van der Waals surface area contributed by atoms with Gasteiger partial charge in [0.2, 0.25) is 0 Å². The summed E-state index contributed by atoms with van der Waals surface area (Å²) in [5.74, 6) is -0.853. The molecule has 3 nitrogen and oxygen atoms in total. The number of rotatable bonds is 3. The van der Waals surface area contributed by atoms with Gasteiger partial charge in [0.25, 0.3) is 0 Å². The Morgan fingerprint density at radius 2 is 2.12 bits per heavy atom. The monoisotopic (exact) mass is 283 g/mol. The van der Waals surface area contributed by atoms with Crippen LogP contribution >= 0.6 is 15.9 Å². The zero-order chi connectivity index (χ0) is 11.5. The Hall–Kier alpha value is -0.870. The second-order valence-electron chi connectivity index (χ2n) is 4.19. The molecule has 4 heteroatoms. The highest BCUT2D eigenvalue weighted by atomic mass is 79.9. The van der Waals surface area contributed by atoms with E-state index >= 15 is 0 Å². The highest BCUT2D eigenvalue weighted by Crippen LogP contribution is 2.19. The Balaban J connectivity index is 1.92. The molecule has 16 heavy (non-hydrogen) atoms. The number of hydrogen-bond acceptors (Lipinski definition) is 2. The Morgan fingerprint density at radius 3 is 2.69 bits per heavy atom. The van der Waals surface area contributed by atoms with Gasteiger partial charge in [-0.05, 0) is 30.7 Å². The van der Waals surface area contributed by atoms with Gasteiger partial charge in [-0.1, -0.05) is 28.1 Å². The molecule has 0 spiro atoms. The third kappa shape index (κ3) is 2.83. The number of carboxylic acids is 1. The predicted molar refractivity (Wildman–Crippen MR) is 65.2 cm³/mol.